The molecule has 3 aromatic rings. The maximum atomic E-state index is 12.2. The number of nitriles is 1. The molecule has 2 heterocycles. The van der Waals surface area contributed by atoms with Gasteiger partial charge < -0.3 is 5.32 Å². The van der Waals surface area contributed by atoms with Crippen molar-refractivity contribution in [3.05, 3.63) is 64.3 Å². The largest absolute Gasteiger partial charge is 0.346 e. The van der Waals surface area contributed by atoms with E-state index in [4.69, 9.17) is 28.5 Å². The van der Waals surface area contributed by atoms with Crippen molar-refractivity contribution in [2.45, 2.75) is 19.5 Å². The molecule has 0 aliphatic rings. The SMILES string of the molecule is CC(Cn1ccc(-c2ccc(C#N)c(Cl)c2)n1)NC(=O)c1cnc(Cl)cn1. The van der Waals surface area contributed by atoms with Gasteiger partial charge in [0.25, 0.3) is 5.91 Å². The molecule has 7 nitrogen and oxygen atoms in total. The van der Waals surface area contributed by atoms with Gasteiger partial charge in [-0.25, -0.2) is 9.97 Å². The number of amides is 1. The van der Waals surface area contributed by atoms with Crippen molar-refractivity contribution in [2.24, 2.45) is 0 Å². The first-order valence-corrected chi connectivity index (χ1v) is 8.73. The van der Waals surface area contributed by atoms with Crippen LogP contribution in [0.1, 0.15) is 23.0 Å². The van der Waals surface area contributed by atoms with Gasteiger partial charge in [-0.1, -0.05) is 29.3 Å². The average Bonchev–Trinajstić information content (AvgIpc) is 3.10. The van der Waals surface area contributed by atoms with Gasteiger partial charge in [0.2, 0.25) is 0 Å². The lowest BCUT2D eigenvalue weighted by atomic mass is 10.1. The summed E-state index contributed by atoms with van der Waals surface area (Å²) in [5, 5.41) is 16.9. The van der Waals surface area contributed by atoms with E-state index >= 15 is 0 Å². The Morgan fingerprint density at radius 1 is 1.30 bits per heavy atom. The summed E-state index contributed by atoms with van der Waals surface area (Å²) in [5.74, 6) is -0.335. The minimum absolute atomic E-state index is 0.188. The van der Waals surface area contributed by atoms with Crippen LogP contribution in [0.5, 0.6) is 0 Å². The van der Waals surface area contributed by atoms with Crippen LogP contribution in [0.3, 0.4) is 0 Å². The lowest BCUT2D eigenvalue weighted by Crippen LogP contribution is -2.36. The molecule has 2 aromatic heterocycles. The van der Waals surface area contributed by atoms with Gasteiger partial charge >= 0.3 is 0 Å². The normalized spacial score (nSPS) is 11.6. The third-order valence-corrected chi connectivity index (χ3v) is 4.23. The summed E-state index contributed by atoms with van der Waals surface area (Å²) in [7, 11) is 0. The van der Waals surface area contributed by atoms with Crippen LogP contribution in [-0.2, 0) is 6.54 Å². The van der Waals surface area contributed by atoms with E-state index in [1.165, 1.54) is 12.4 Å². The van der Waals surface area contributed by atoms with Crippen molar-refractivity contribution < 1.29 is 4.79 Å². The summed E-state index contributed by atoms with van der Waals surface area (Å²) < 4.78 is 1.72. The molecule has 136 valence electrons. The van der Waals surface area contributed by atoms with Crippen LogP contribution < -0.4 is 5.32 Å². The number of halogens is 2. The Bertz CT molecular complexity index is 1010. The van der Waals surface area contributed by atoms with Gasteiger partial charge in [0, 0.05) is 17.8 Å². The Labute approximate surface area is 165 Å². The second-order valence-corrected chi connectivity index (χ2v) is 6.62. The predicted molar refractivity (Wildman–Crippen MR) is 101 cm³/mol. The Morgan fingerprint density at radius 3 is 2.78 bits per heavy atom. The lowest BCUT2D eigenvalue weighted by molar-refractivity contribution is 0.0930. The summed E-state index contributed by atoms with van der Waals surface area (Å²) in [6.07, 6.45) is 4.46. The van der Waals surface area contributed by atoms with Gasteiger partial charge in [-0.3, -0.25) is 9.48 Å². The van der Waals surface area contributed by atoms with Crippen molar-refractivity contribution in [2.75, 3.05) is 0 Å². The number of nitrogens with zero attached hydrogens (tertiary/aromatic N) is 5. The second kappa shape index (κ2) is 8.16. The summed E-state index contributed by atoms with van der Waals surface area (Å²) in [5.41, 5.74) is 2.15. The van der Waals surface area contributed by atoms with E-state index in [1.54, 1.807) is 22.9 Å². The van der Waals surface area contributed by atoms with Crippen molar-refractivity contribution in [3.63, 3.8) is 0 Å². The highest BCUT2D eigenvalue weighted by molar-refractivity contribution is 6.32. The Kier molecular flexibility index (Phi) is 5.69. The molecule has 9 heteroatoms. The van der Waals surface area contributed by atoms with Crippen LogP contribution in [0.15, 0.2) is 42.9 Å². The van der Waals surface area contributed by atoms with Crippen molar-refractivity contribution in [3.8, 4) is 17.3 Å². The van der Waals surface area contributed by atoms with E-state index < -0.39 is 0 Å². The Balaban J connectivity index is 1.65. The van der Waals surface area contributed by atoms with Crippen LogP contribution in [0.2, 0.25) is 10.2 Å². The van der Waals surface area contributed by atoms with Gasteiger partial charge in [-0.05, 0) is 25.1 Å². The molecule has 0 radical (unpaired) electrons. The van der Waals surface area contributed by atoms with Gasteiger partial charge in [0.1, 0.15) is 16.9 Å². The summed E-state index contributed by atoms with van der Waals surface area (Å²) in [6, 6.07) is 8.84. The van der Waals surface area contributed by atoms with Crippen LogP contribution in [-0.4, -0.2) is 31.7 Å². The molecule has 1 aromatic carbocycles. The van der Waals surface area contributed by atoms with Crippen molar-refractivity contribution in [1.29, 1.82) is 5.26 Å². The Morgan fingerprint density at radius 2 is 2.11 bits per heavy atom. The monoisotopic (exact) mass is 400 g/mol. The van der Waals surface area contributed by atoms with Crippen LogP contribution in [0.4, 0.5) is 0 Å². The molecule has 1 amide bonds. The zero-order chi connectivity index (χ0) is 19.4. The third kappa shape index (κ3) is 4.61. The third-order valence-electron chi connectivity index (χ3n) is 3.72. The highest BCUT2D eigenvalue weighted by atomic mass is 35.5. The summed E-state index contributed by atoms with van der Waals surface area (Å²) in [6.45, 7) is 2.33. The molecule has 1 unspecified atom stereocenters. The molecule has 0 bridgehead atoms. The predicted octanol–water partition coefficient (Wildman–Crippen LogP) is 3.34. The molecule has 27 heavy (non-hydrogen) atoms. The fourth-order valence-electron chi connectivity index (χ4n) is 2.44. The summed E-state index contributed by atoms with van der Waals surface area (Å²) in [4.78, 5) is 19.9. The van der Waals surface area contributed by atoms with Crippen LogP contribution in [0.25, 0.3) is 11.3 Å². The molecule has 0 aliphatic heterocycles. The standard InChI is InChI=1S/C18H14Cl2N6O/c1-11(24-18(27)16-8-23-17(20)9-22-16)10-26-5-4-15(25-26)12-2-3-13(7-21)14(19)6-12/h2-6,8-9,11H,10H2,1H3,(H,24,27). The fraction of sp³-hybridized carbons (Fsp3) is 0.167. The highest BCUT2D eigenvalue weighted by Crippen LogP contribution is 2.24. The number of carbonyl (C=O) groups is 1. The van der Waals surface area contributed by atoms with E-state index in [0.717, 1.165) is 11.3 Å². The maximum absolute atomic E-state index is 12.2. The molecule has 1 atom stereocenters. The number of carbonyl (C=O) groups excluding carboxylic acids is 1. The molecule has 1 N–H and O–H groups in total. The number of rotatable bonds is 5. The van der Waals surface area contributed by atoms with E-state index in [1.807, 2.05) is 25.3 Å². The van der Waals surface area contributed by atoms with Gasteiger partial charge in [-0.15, -0.1) is 0 Å². The van der Waals surface area contributed by atoms with Crippen LogP contribution >= 0.6 is 23.2 Å². The van der Waals surface area contributed by atoms with Crippen LogP contribution in [0, 0.1) is 11.3 Å². The molecule has 0 saturated heterocycles. The quantitative estimate of drug-likeness (QED) is 0.708. The topological polar surface area (TPSA) is 96.5 Å². The first-order chi connectivity index (χ1) is 13.0. The molecular formula is C18H14Cl2N6O. The maximum Gasteiger partial charge on any atom is 0.271 e. The smallest absolute Gasteiger partial charge is 0.271 e. The zero-order valence-corrected chi connectivity index (χ0v) is 15.7. The number of aromatic nitrogens is 4. The van der Waals surface area contributed by atoms with Crippen molar-refractivity contribution >= 4 is 29.1 Å². The molecule has 0 saturated carbocycles. The zero-order valence-electron chi connectivity index (χ0n) is 14.2. The number of hydrogen-bond donors (Lipinski definition) is 1. The van der Waals surface area contributed by atoms with Gasteiger partial charge in [-0.2, -0.15) is 10.4 Å². The van der Waals surface area contributed by atoms with E-state index in [2.05, 4.69) is 20.4 Å². The number of hydrogen-bond acceptors (Lipinski definition) is 5. The average molecular weight is 401 g/mol. The van der Waals surface area contributed by atoms with E-state index in [0.29, 0.717) is 17.1 Å². The first-order valence-electron chi connectivity index (χ1n) is 7.98. The van der Waals surface area contributed by atoms with E-state index in [9.17, 15) is 4.79 Å². The van der Waals surface area contributed by atoms with Gasteiger partial charge in [0.15, 0.2) is 0 Å². The minimum Gasteiger partial charge on any atom is -0.346 e. The van der Waals surface area contributed by atoms with Gasteiger partial charge in [0.05, 0.1) is 35.2 Å². The highest BCUT2D eigenvalue weighted by Gasteiger charge is 2.13. The second-order valence-electron chi connectivity index (χ2n) is 5.83. The lowest BCUT2D eigenvalue weighted by Gasteiger charge is -2.13. The summed E-state index contributed by atoms with van der Waals surface area (Å²) >= 11 is 11.7. The fourth-order valence-corrected chi connectivity index (χ4v) is 2.76. The number of nitrogens with one attached hydrogen (secondary N) is 1. The minimum atomic E-state index is -0.335. The number of benzene rings is 1. The first kappa shape index (κ1) is 18.8. The molecule has 3 rings (SSSR count). The molecule has 0 fully saturated rings. The van der Waals surface area contributed by atoms with E-state index in [-0.39, 0.29) is 22.8 Å². The molecule has 0 spiro atoms. The Hall–Kier alpha value is -2.95. The van der Waals surface area contributed by atoms with Crippen molar-refractivity contribution in [1.82, 2.24) is 25.1 Å². The molecule has 0 aliphatic carbocycles. The molecular weight excluding hydrogens is 387 g/mol.